The lowest BCUT2D eigenvalue weighted by atomic mass is 9.95. The van der Waals surface area contributed by atoms with Crippen molar-refractivity contribution in [2.45, 2.75) is 19.4 Å². The average molecular weight is 368 g/mol. The van der Waals surface area contributed by atoms with E-state index in [9.17, 15) is 4.39 Å². The van der Waals surface area contributed by atoms with Gasteiger partial charge in [-0.05, 0) is 31.0 Å². The van der Waals surface area contributed by atoms with E-state index < -0.39 is 0 Å². The first-order valence-corrected chi connectivity index (χ1v) is 7.41. The molecule has 20 heavy (non-hydrogen) atoms. The van der Waals surface area contributed by atoms with E-state index in [4.69, 9.17) is 10.5 Å². The third kappa shape index (κ3) is 5.20. The number of ether oxygens (including phenoxy) is 1. The molecular weight excluding hydrogens is 347 g/mol. The zero-order chi connectivity index (χ0) is 13.8. The molecule has 0 bridgehead atoms. The van der Waals surface area contributed by atoms with E-state index in [0.29, 0.717) is 28.8 Å². The summed E-state index contributed by atoms with van der Waals surface area (Å²) in [5.41, 5.74) is 5.99. The summed E-state index contributed by atoms with van der Waals surface area (Å²) >= 11 is 3.25. The number of rotatable bonds is 4. The maximum atomic E-state index is 13.2. The molecule has 1 aromatic rings. The molecule has 2 atom stereocenters. The van der Waals surface area contributed by atoms with Gasteiger partial charge in [0.2, 0.25) is 0 Å². The van der Waals surface area contributed by atoms with Crippen LogP contribution < -0.4 is 10.5 Å². The zero-order valence-electron chi connectivity index (χ0n) is 11.5. The molecule has 1 aliphatic rings. The van der Waals surface area contributed by atoms with Crippen LogP contribution in [-0.4, -0.2) is 37.2 Å². The van der Waals surface area contributed by atoms with Crippen LogP contribution in [0.15, 0.2) is 22.7 Å². The smallest absolute Gasteiger partial charge is 0.128 e. The van der Waals surface area contributed by atoms with E-state index in [1.54, 1.807) is 6.07 Å². The van der Waals surface area contributed by atoms with Crippen LogP contribution in [0.25, 0.3) is 0 Å². The van der Waals surface area contributed by atoms with Crippen molar-refractivity contribution in [2.75, 3.05) is 26.2 Å². The number of nitrogens with zero attached hydrogens (tertiary/aromatic N) is 1. The predicted octanol–water partition coefficient (Wildman–Crippen LogP) is 3.06. The third-order valence-corrected chi connectivity index (χ3v) is 4.03. The fourth-order valence-electron chi connectivity index (χ4n) is 2.36. The normalized spacial score (nSPS) is 23.2. The van der Waals surface area contributed by atoms with Gasteiger partial charge in [-0.2, -0.15) is 0 Å². The Morgan fingerprint density at radius 1 is 1.45 bits per heavy atom. The van der Waals surface area contributed by atoms with Crippen molar-refractivity contribution in [1.82, 2.24) is 4.90 Å². The van der Waals surface area contributed by atoms with Crippen LogP contribution in [0.2, 0.25) is 0 Å². The van der Waals surface area contributed by atoms with Crippen molar-refractivity contribution in [3.63, 3.8) is 0 Å². The fourth-order valence-corrected chi connectivity index (χ4v) is 2.80. The van der Waals surface area contributed by atoms with Crippen molar-refractivity contribution in [1.29, 1.82) is 0 Å². The Bertz CT molecular complexity index is 415. The van der Waals surface area contributed by atoms with Crippen molar-refractivity contribution >= 4 is 28.3 Å². The van der Waals surface area contributed by atoms with Gasteiger partial charge in [0, 0.05) is 29.7 Å². The van der Waals surface area contributed by atoms with Crippen LogP contribution in [0.1, 0.15) is 13.3 Å². The summed E-state index contributed by atoms with van der Waals surface area (Å²) in [6.07, 6.45) is 1.03. The van der Waals surface area contributed by atoms with Crippen LogP contribution >= 0.6 is 28.3 Å². The summed E-state index contributed by atoms with van der Waals surface area (Å²) in [5.74, 6) is 0.799. The summed E-state index contributed by atoms with van der Waals surface area (Å²) in [6.45, 7) is 5.63. The van der Waals surface area contributed by atoms with Gasteiger partial charge in [0.05, 0.1) is 0 Å². The molecule has 1 saturated heterocycles. The van der Waals surface area contributed by atoms with E-state index in [1.807, 2.05) is 0 Å². The van der Waals surface area contributed by atoms with Gasteiger partial charge in [0.25, 0.3) is 0 Å². The molecule has 2 rings (SSSR count). The Labute approximate surface area is 134 Å². The predicted molar refractivity (Wildman–Crippen MR) is 85.0 cm³/mol. The van der Waals surface area contributed by atoms with Gasteiger partial charge in [-0.15, -0.1) is 12.4 Å². The van der Waals surface area contributed by atoms with Gasteiger partial charge in [-0.25, -0.2) is 4.39 Å². The van der Waals surface area contributed by atoms with Crippen molar-refractivity contribution in [3.8, 4) is 5.75 Å². The lowest BCUT2D eigenvalue weighted by molar-refractivity contribution is 0.140. The second-order valence-corrected chi connectivity index (χ2v) is 6.10. The number of nitrogens with two attached hydrogens (primary N) is 1. The molecule has 1 fully saturated rings. The number of benzene rings is 1. The number of likely N-dealkylation sites (tertiary alicyclic amines) is 1. The molecule has 1 aromatic carbocycles. The van der Waals surface area contributed by atoms with E-state index in [-0.39, 0.29) is 18.2 Å². The summed E-state index contributed by atoms with van der Waals surface area (Å²) in [6, 6.07) is 4.91. The van der Waals surface area contributed by atoms with Crippen LogP contribution in [0.5, 0.6) is 5.75 Å². The first-order valence-electron chi connectivity index (χ1n) is 6.61. The minimum absolute atomic E-state index is 0. The van der Waals surface area contributed by atoms with Gasteiger partial charge in [0.1, 0.15) is 18.2 Å². The summed E-state index contributed by atoms with van der Waals surface area (Å²) < 4.78 is 19.5. The molecule has 0 saturated carbocycles. The first kappa shape index (κ1) is 17.7. The Balaban J connectivity index is 0.00000200. The van der Waals surface area contributed by atoms with E-state index in [1.165, 1.54) is 12.1 Å². The molecule has 1 aliphatic heterocycles. The van der Waals surface area contributed by atoms with Crippen LogP contribution in [0.3, 0.4) is 0 Å². The Morgan fingerprint density at radius 3 is 2.85 bits per heavy atom. The lowest BCUT2D eigenvalue weighted by Crippen LogP contribution is -2.46. The quantitative estimate of drug-likeness (QED) is 0.889. The highest BCUT2D eigenvalue weighted by Crippen LogP contribution is 2.21. The molecule has 3 nitrogen and oxygen atoms in total. The third-order valence-electron chi connectivity index (χ3n) is 3.57. The monoisotopic (exact) mass is 366 g/mol. The Morgan fingerprint density at radius 2 is 2.20 bits per heavy atom. The molecule has 0 radical (unpaired) electrons. The van der Waals surface area contributed by atoms with Crippen LogP contribution in [-0.2, 0) is 0 Å². The lowest BCUT2D eigenvalue weighted by Gasteiger charge is -2.34. The molecule has 0 aliphatic carbocycles. The highest BCUT2D eigenvalue weighted by atomic mass is 79.9. The summed E-state index contributed by atoms with van der Waals surface area (Å²) in [5, 5.41) is 0. The zero-order valence-corrected chi connectivity index (χ0v) is 13.9. The molecule has 114 valence electrons. The maximum Gasteiger partial charge on any atom is 0.128 e. The SMILES string of the molecule is CC1CN(CCOc2cc(F)cc(Br)c2)CCC1N.Cl. The second-order valence-electron chi connectivity index (χ2n) is 5.18. The molecule has 6 heteroatoms. The van der Waals surface area contributed by atoms with Gasteiger partial charge in [-0.3, -0.25) is 4.90 Å². The fraction of sp³-hybridized carbons (Fsp3) is 0.571. The molecule has 2 unspecified atom stereocenters. The topological polar surface area (TPSA) is 38.5 Å². The number of piperidine rings is 1. The number of hydrogen-bond acceptors (Lipinski definition) is 3. The molecule has 0 aromatic heterocycles. The maximum absolute atomic E-state index is 13.2. The molecule has 0 amide bonds. The highest BCUT2D eigenvalue weighted by Gasteiger charge is 2.22. The number of hydrogen-bond donors (Lipinski definition) is 1. The standard InChI is InChI=1S/C14H20BrFN2O.ClH/c1-10-9-18(3-2-14(10)17)4-5-19-13-7-11(15)6-12(16)8-13;/h6-8,10,14H,2-5,9,17H2,1H3;1H. The molecule has 1 heterocycles. The Hall–Kier alpha value is -0.360. The highest BCUT2D eigenvalue weighted by molar-refractivity contribution is 9.10. The van der Waals surface area contributed by atoms with E-state index in [0.717, 1.165) is 26.1 Å². The Kier molecular flexibility index (Phi) is 7.23. The van der Waals surface area contributed by atoms with E-state index in [2.05, 4.69) is 27.8 Å². The summed E-state index contributed by atoms with van der Waals surface area (Å²) in [7, 11) is 0. The minimum Gasteiger partial charge on any atom is -0.492 e. The van der Waals surface area contributed by atoms with Gasteiger partial charge < -0.3 is 10.5 Å². The average Bonchev–Trinajstić information content (AvgIpc) is 2.32. The number of halogens is 3. The first-order chi connectivity index (χ1) is 9.04. The largest absolute Gasteiger partial charge is 0.492 e. The van der Waals surface area contributed by atoms with E-state index >= 15 is 0 Å². The van der Waals surface area contributed by atoms with Crippen molar-refractivity contribution in [3.05, 3.63) is 28.5 Å². The summed E-state index contributed by atoms with van der Waals surface area (Å²) in [4.78, 5) is 2.35. The molecule has 2 N–H and O–H groups in total. The van der Waals surface area contributed by atoms with Crippen molar-refractivity contribution < 1.29 is 9.13 Å². The minimum atomic E-state index is -0.290. The van der Waals surface area contributed by atoms with Crippen molar-refractivity contribution in [2.24, 2.45) is 11.7 Å². The van der Waals surface area contributed by atoms with Crippen LogP contribution in [0.4, 0.5) is 4.39 Å². The molecule has 0 spiro atoms. The molecular formula is C14H21BrClFN2O. The van der Waals surface area contributed by atoms with Gasteiger partial charge >= 0.3 is 0 Å². The van der Waals surface area contributed by atoms with Crippen LogP contribution in [0, 0.1) is 11.7 Å². The van der Waals surface area contributed by atoms with Gasteiger partial charge in [0.15, 0.2) is 0 Å². The van der Waals surface area contributed by atoms with Gasteiger partial charge in [-0.1, -0.05) is 22.9 Å². The second kappa shape index (κ2) is 8.17.